The molecule has 6 nitrogen and oxygen atoms in total. The first kappa shape index (κ1) is 29.7. The molecule has 0 aliphatic carbocycles. The molecule has 0 saturated carbocycles. The Balaban J connectivity index is 2.42. The highest BCUT2D eigenvalue weighted by Gasteiger charge is 2.27. The summed E-state index contributed by atoms with van der Waals surface area (Å²) in [6, 6.07) is 9.33. The van der Waals surface area contributed by atoms with E-state index in [4.69, 9.17) is 14.2 Å². The highest BCUT2D eigenvalue weighted by molar-refractivity contribution is 5.81. The molecule has 1 aromatic rings. The second kappa shape index (κ2) is 17.1. The summed E-state index contributed by atoms with van der Waals surface area (Å²) in [7, 11) is 0. The van der Waals surface area contributed by atoms with Crippen LogP contribution in [0.3, 0.4) is 0 Å². The zero-order chi connectivity index (χ0) is 25.2. The fraction of sp³-hybridized carbons (Fsp3) is 0.679. The van der Waals surface area contributed by atoms with Crippen LogP contribution in [0.5, 0.6) is 0 Å². The molecule has 0 fully saturated rings. The summed E-state index contributed by atoms with van der Waals surface area (Å²) in [4.78, 5) is 37.2. The molecule has 0 aliphatic heterocycles. The highest BCUT2D eigenvalue weighted by atomic mass is 16.6. The quantitative estimate of drug-likeness (QED) is 0.144. The molecule has 0 amide bonds. The topological polar surface area (TPSA) is 78.9 Å². The number of rotatable bonds is 17. The van der Waals surface area contributed by atoms with Crippen molar-refractivity contribution in [2.45, 2.75) is 111 Å². The van der Waals surface area contributed by atoms with Crippen LogP contribution >= 0.6 is 0 Å². The summed E-state index contributed by atoms with van der Waals surface area (Å²) in [5, 5.41) is 0. The second-order valence-electron chi connectivity index (χ2n) is 9.81. The molecule has 0 aliphatic rings. The van der Waals surface area contributed by atoms with E-state index in [1.165, 1.54) is 32.1 Å². The highest BCUT2D eigenvalue weighted by Crippen LogP contribution is 2.19. The van der Waals surface area contributed by atoms with E-state index in [0.717, 1.165) is 24.8 Å². The number of unbranched alkanes of at least 4 members (excludes halogenated alkanes) is 7. The Morgan fingerprint density at radius 2 is 1.44 bits per heavy atom. The van der Waals surface area contributed by atoms with Crippen LogP contribution in [0.25, 0.3) is 0 Å². The van der Waals surface area contributed by atoms with Crippen LogP contribution in [0.4, 0.5) is 0 Å². The van der Waals surface area contributed by atoms with E-state index in [1.807, 2.05) is 30.3 Å². The van der Waals surface area contributed by atoms with Crippen LogP contribution < -0.4 is 0 Å². The summed E-state index contributed by atoms with van der Waals surface area (Å²) >= 11 is 0. The lowest BCUT2D eigenvalue weighted by Crippen LogP contribution is -2.28. The van der Waals surface area contributed by atoms with Crippen molar-refractivity contribution in [3.8, 4) is 0 Å². The molecule has 1 aromatic carbocycles. The Hall–Kier alpha value is -2.37. The molecule has 0 bridgehead atoms. The van der Waals surface area contributed by atoms with Crippen LogP contribution in [0, 0.1) is 5.92 Å². The summed E-state index contributed by atoms with van der Waals surface area (Å²) in [6.07, 6.45) is 9.51. The van der Waals surface area contributed by atoms with Gasteiger partial charge in [-0.1, -0.05) is 82.2 Å². The molecule has 6 heteroatoms. The van der Waals surface area contributed by atoms with Gasteiger partial charge >= 0.3 is 17.9 Å². The molecule has 0 aromatic heterocycles. The number of hydrogen-bond donors (Lipinski definition) is 0. The summed E-state index contributed by atoms with van der Waals surface area (Å²) in [5.74, 6) is -2.10. The van der Waals surface area contributed by atoms with Crippen molar-refractivity contribution in [1.29, 1.82) is 0 Å². The fourth-order valence-electron chi connectivity index (χ4n) is 3.52. The van der Waals surface area contributed by atoms with Gasteiger partial charge in [0.15, 0.2) is 0 Å². The number of hydrogen-bond acceptors (Lipinski definition) is 6. The maximum atomic E-state index is 12.7. The maximum absolute atomic E-state index is 12.7. The van der Waals surface area contributed by atoms with Gasteiger partial charge in [-0.05, 0) is 39.2 Å². The van der Waals surface area contributed by atoms with Crippen molar-refractivity contribution in [3.63, 3.8) is 0 Å². The number of esters is 3. The number of benzene rings is 1. The third-order valence-electron chi connectivity index (χ3n) is 5.35. The van der Waals surface area contributed by atoms with Gasteiger partial charge < -0.3 is 14.2 Å². The average Bonchev–Trinajstić information content (AvgIpc) is 2.78. The smallest absolute Gasteiger partial charge is 0.309 e. The number of carbonyl (C=O) groups excluding carboxylic acids is 3. The lowest BCUT2D eigenvalue weighted by molar-refractivity contribution is -0.163. The molecule has 1 rings (SSSR count). The molecule has 0 saturated heterocycles. The van der Waals surface area contributed by atoms with E-state index in [0.29, 0.717) is 6.61 Å². The first-order chi connectivity index (χ1) is 16.2. The van der Waals surface area contributed by atoms with Gasteiger partial charge in [-0.3, -0.25) is 14.4 Å². The third-order valence-corrected chi connectivity index (χ3v) is 5.35. The Kier molecular flexibility index (Phi) is 14.9. The molecule has 34 heavy (non-hydrogen) atoms. The average molecular weight is 477 g/mol. The lowest BCUT2D eigenvalue weighted by Gasteiger charge is -2.21. The zero-order valence-electron chi connectivity index (χ0n) is 21.6. The van der Waals surface area contributed by atoms with E-state index in [2.05, 4.69) is 6.92 Å². The van der Waals surface area contributed by atoms with Gasteiger partial charge in [0.2, 0.25) is 0 Å². The molecule has 0 radical (unpaired) electrons. The Labute approximate surface area is 205 Å². The second-order valence-corrected chi connectivity index (χ2v) is 9.81. The van der Waals surface area contributed by atoms with Crippen molar-refractivity contribution in [2.24, 2.45) is 5.92 Å². The van der Waals surface area contributed by atoms with Crippen LogP contribution in [0.15, 0.2) is 30.3 Å². The van der Waals surface area contributed by atoms with Crippen LogP contribution in [-0.2, 0) is 35.2 Å². The molecule has 0 spiro atoms. The van der Waals surface area contributed by atoms with Gasteiger partial charge in [0.05, 0.1) is 18.9 Å². The first-order valence-electron chi connectivity index (χ1n) is 12.8. The van der Waals surface area contributed by atoms with Gasteiger partial charge in [0.1, 0.15) is 12.2 Å². The monoisotopic (exact) mass is 476 g/mol. The van der Waals surface area contributed by atoms with Gasteiger partial charge in [-0.15, -0.1) is 0 Å². The molecular formula is C28H44O6. The van der Waals surface area contributed by atoms with E-state index in [-0.39, 0.29) is 31.8 Å². The summed E-state index contributed by atoms with van der Waals surface area (Å²) in [5.41, 5.74) is 0.210. The summed E-state index contributed by atoms with van der Waals surface area (Å²) < 4.78 is 16.1. The van der Waals surface area contributed by atoms with Crippen LogP contribution in [0.2, 0.25) is 0 Å². The van der Waals surface area contributed by atoms with Crippen molar-refractivity contribution in [2.75, 3.05) is 6.61 Å². The molecule has 1 unspecified atom stereocenters. The molecule has 1 atom stereocenters. The Morgan fingerprint density at radius 3 is 2.06 bits per heavy atom. The third kappa shape index (κ3) is 15.5. The molecule has 0 N–H and O–H groups in total. The van der Waals surface area contributed by atoms with Crippen molar-refractivity contribution in [1.82, 2.24) is 0 Å². The van der Waals surface area contributed by atoms with Gasteiger partial charge in [-0.25, -0.2) is 0 Å². The predicted octanol–water partition coefficient (Wildman–Crippen LogP) is 6.54. The predicted molar refractivity (Wildman–Crippen MR) is 133 cm³/mol. The van der Waals surface area contributed by atoms with Crippen LogP contribution in [0.1, 0.15) is 104 Å². The minimum Gasteiger partial charge on any atom is -0.466 e. The first-order valence-corrected chi connectivity index (χ1v) is 12.8. The van der Waals surface area contributed by atoms with Crippen molar-refractivity contribution >= 4 is 17.9 Å². The normalized spacial score (nSPS) is 12.1. The zero-order valence-corrected chi connectivity index (χ0v) is 21.6. The maximum Gasteiger partial charge on any atom is 0.309 e. The fourth-order valence-corrected chi connectivity index (χ4v) is 3.52. The Bertz CT molecular complexity index is 707. The van der Waals surface area contributed by atoms with Crippen molar-refractivity contribution in [3.05, 3.63) is 35.9 Å². The number of carbonyl (C=O) groups is 3. The van der Waals surface area contributed by atoms with Crippen LogP contribution in [-0.4, -0.2) is 30.1 Å². The molecule has 192 valence electrons. The number of ether oxygens (including phenoxy) is 3. The SMILES string of the molecule is CCCCCCCCCCOC(=O)CCC(CC(=O)OC(C)(C)C)C(=O)OCc1ccccc1. The lowest BCUT2D eigenvalue weighted by atomic mass is 9.99. The van der Waals surface area contributed by atoms with Gasteiger partial charge in [0.25, 0.3) is 0 Å². The van der Waals surface area contributed by atoms with E-state index in [1.54, 1.807) is 20.8 Å². The van der Waals surface area contributed by atoms with E-state index in [9.17, 15) is 14.4 Å². The van der Waals surface area contributed by atoms with Gasteiger partial charge in [0, 0.05) is 6.42 Å². The largest absolute Gasteiger partial charge is 0.466 e. The van der Waals surface area contributed by atoms with Gasteiger partial charge in [-0.2, -0.15) is 0 Å². The minimum atomic E-state index is -0.755. The van der Waals surface area contributed by atoms with E-state index < -0.39 is 23.5 Å². The van der Waals surface area contributed by atoms with E-state index >= 15 is 0 Å². The summed E-state index contributed by atoms with van der Waals surface area (Å²) in [6.45, 7) is 8.04. The Morgan fingerprint density at radius 1 is 0.824 bits per heavy atom. The minimum absolute atomic E-state index is 0.0604. The van der Waals surface area contributed by atoms with Crippen molar-refractivity contribution < 1.29 is 28.6 Å². The standard InChI is InChI=1S/C28H44O6/c1-5-6-7-8-9-10-11-15-20-32-25(29)19-18-24(21-26(30)34-28(2,3)4)27(31)33-22-23-16-13-12-14-17-23/h12-14,16-17,24H,5-11,15,18-22H2,1-4H3. The molecule has 0 heterocycles. The molecular weight excluding hydrogens is 432 g/mol.